The number of aryl methyl sites for hydroxylation is 2. The van der Waals surface area contributed by atoms with Crippen LogP contribution in [0.4, 0.5) is 0 Å². The van der Waals surface area contributed by atoms with E-state index in [1.165, 1.54) is 27.8 Å². The van der Waals surface area contributed by atoms with Crippen LogP contribution >= 0.6 is 0 Å². The molecule has 0 atom stereocenters. The number of allylic oxidation sites excluding steroid dienone is 3. The quantitative estimate of drug-likeness (QED) is 0.608. The molecule has 0 bridgehead atoms. The highest BCUT2D eigenvalue weighted by atomic mass is 14.1. The van der Waals surface area contributed by atoms with Crippen molar-refractivity contribution in [2.45, 2.75) is 34.6 Å². The summed E-state index contributed by atoms with van der Waals surface area (Å²) in [7, 11) is 0. The molecule has 0 unspecified atom stereocenters. The van der Waals surface area contributed by atoms with Gasteiger partial charge in [-0.15, -0.1) is 0 Å². The van der Waals surface area contributed by atoms with Gasteiger partial charge in [0.1, 0.15) is 0 Å². The molecule has 0 saturated heterocycles. The molecule has 0 fully saturated rings. The molecule has 0 aromatic heterocycles. The van der Waals surface area contributed by atoms with E-state index in [9.17, 15) is 0 Å². The van der Waals surface area contributed by atoms with E-state index in [2.05, 4.69) is 59.4 Å². The summed E-state index contributed by atoms with van der Waals surface area (Å²) in [6, 6.07) is 6.39. The highest BCUT2D eigenvalue weighted by Crippen LogP contribution is 2.28. The molecule has 0 aliphatic heterocycles. The number of rotatable bonds is 2. The largest absolute Gasteiger partial charge is 0.0909 e. The molecular formula is C15H20. The zero-order valence-corrected chi connectivity index (χ0v) is 10.4. The minimum atomic E-state index is 1.16. The molecule has 80 valence electrons. The van der Waals surface area contributed by atoms with E-state index in [0.717, 1.165) is 5.57 Å². The maximum atomic E-state index is 4.21. The van der Waals surface area contributed by atoms with Crippen LogP contribution in [0, 0.1) is 13.8 Å². The van der Waals surface area contributed by atoms with Gasteiger partial charge >= 0.3 is 0 Å². The Bertz CT molecular complexity index is 395. The van der Waals surface area contributed by atoms with Crippen LogP contribution in [-0.4, -0.2) is 0 Å². The Kier molecular flexibility index (Phi) is 3.52. The fourth-order valence-electron chi connectivity index (χ4n) is 1.78. The van der Waals surface area contributed by atoms with Crippen LogP contribution in [-0.2, 0) is 0 Å². The first kappa shape index (κ1) is 11.8. The fraction of sp³-hybridized carbons (Fsp3) is 0.333. The van der Waals surface area contributed by atoms with Crippen molar-refractivity contribution in [2.75, 3.05) is 0 Å². The van der Waals surface area contributed by atoms with Crippen LogP contribution in [0.1, 0.15) is 37.5 Å². The molecule has 0 spiro atoms. The third-order valence-corrected chi connectivity index (χ3v) is 2.99. The van der Waals surface area contributed by atoms with Gasteiger partial charge in [-0.05, 0) is 62.5 Å². The zero-order chi connectivity index (χ0) is 11.6. The Morgan fingerprint density at radius 2 is 1.47 bits per heavy atom. The second-order valence-electron chi connectivity index (χ2n) is 4.37. The molecule has 0 heterocycles. The molecule has 15 heavy (non-hydrogen) atoms. The number of hydrogen-bond donors (Lipinski definition) is 0. The Balaban J connectivity index is 3.30. The van der Waals surface area contributed by atoms with Gasteiger partial charge in [-0.25, -0.2) is 0 Å². The van der Waals surface area contributed by atoms with Gasteiger partial charge in [-0.2, -0.15) is 0 Å². The summed E-state index contributed by atoms with van der Waals surface area (Å²) in [5, 5.41) is 0. The predicted octanol–water partition coefficient (Wildman–Crippen LogP) is 4.67. The highest BCUT2D eigenvalue weighted by molar-refractivity contribution is 5.80. The van der Waals surface area contributed by atoms with Crippen molar-refractivity contribution >= 4 is 5.57 Å². The van der Waals surface area contributed by atoms with Gasteiger partial charge in [-0.1, -0.05) is 30.4 Å². The first-order valence-corrected chi connectivity index (χ1v) is 5.35. The van der Waals surface area contributed by atoms with Crippen molar-refractivity contribution in [2.24, 2.45) is 0 Å². The van der Waals surface area contributed by atoms with Crippen LogP contribution < -0.4 is 0 Å². The van der Waals surface area contributed by atoms with Gasteiger partial charge in [0, 0.05) is 0 Å². The maximum Gasteiger partial charge on any atom is -0.0129 e. The Morgan fingerprint density at radius 1 is 1.00 bits per heavy atom. The topological polar surface area (TPSA) is 0 Å². The smallest absolute Gasteiger partial charge is 0.0129 e. The van der Waals surface area contributed by atoms with Crippen molar-refractivity contribution in [3.63, 3.8) is 0 Å². The molecule has 0 radical (unpaired) electrons. The minimum absolute atomic E-state index is 1.16. The van der Waals surface area contributed by atoms with Crippen LogP contribution in [0.25, 0.3) is 5.57 Å². The van der Waals surface area contributed by atoms with Crippen LogP contribution in [0.3, 0.4) is 0 Å². The molecular weight excluding hydrogens is 180 g/mol. The molecule has 0 heteroatoms. The molecule has 0 N–H and O–H groups in total. The molecule has 0 aliphatic rings. The summed E-state index contributed by atoms with van der Waals surface area (Å²) < 4.78 is 0. The van der Waals surface area contributed by atoms with Crippen molar-refractivity contribution in [1.82, 2.24) is 0 Å². The van der Waals surface area contributed by atoms with Crippen LogP contribution in [0.5, 0.6) is 0 Å². The van der Waals surface area contributed by atoms with E-state index in [4.69, 9.17) is 0 Å². The van der Waals surface area contributed by atoms with E-state index < -0.39 is 0 Å². The first-order valence-electron chi connectivity index (χ1n) is 5.35. The SMILES string of the molecule is C=C(C(C)=C(C)C)c1c(C)cccc1C. The third kappa shape index (κ3) is 2.38. The zero-order valence-electron chi connectivity index (χ0n) is 10.4. The molecule has 1 aromatic carbocycles. The van der Waals surface area contributed by atoms with Crippen molar-refractivity contribution in [1.29, 1.82) is 0 Å². The molecule has 1 aromatic rings. The van der Waals surface area contributed by atoms with Crippen molar-refractivity contribution in [3.05, 3.63) is 52.6 Å². The molecule has 0 saturated carbocycles. The lowest BCUT2D eigenvalue weighted by atomic mass is 9.91. The van der Waals surface area contributed by atoms with E-state index in [1.807, 2.05) is 0 Å². The lowest BCUT2D eigenvalue weighted by molar-refractivity contribution is 1.27. The Morgan fingerprint density at radius 3 is 1.87 bits per heavy atom. The Hall–Kier alpha value is -1.30. The monoisotopic (exact) mass is 200 g/mol. The van der Waals surface area contributed by atoms with Gasteiger partial charge in [0.25, 0.3) is 0 Å². The highest BCUT2D eigenvalue weighted by Gasteiger charge is 2.08. The second kappa shape index (κ2) is 4.48. The lowest BCUT2D eigenvalue weighted by Gasteiger charge is -2.14. The summed E-state index contributed by atoms with van der Waals surface area (Å²) >= 11 is 0. The van der Waals surface area contributed by atoms with Gasteiger partial charge < -0.3 is 0 Å². The average Bonchev–Trinajstić information content (AvgIpc) is 2.15. The average molecular weight is 200 g/mol. The van der Waals surface area contributed by atoms with Crippen LogP contribution in [0.2, 0.25) is 0 Å². The van der Waals surface area contributed by atoms with Gasteiger partial charge in [0.15, 0.2) is 0 Å². The van der Waals surface area contributed by atoms with E-state index >= 15 is 0 Å². The fourth-order valence-corrected chi connectivity index (χ4v) is 1.78. The summed E-state index contributed by atoms with van der Waals surface area (Å²) in [4.78, 5) is 0. The maximum absolute atomic E-state index is 4.21. The van der Waals surface area contributed by atoms with E-state index in [0.29, 0.717) is 0 Å². The van der Waals surface area contributed by atoms with E-state index in [-0.39, 0.29) is 0 Å². The number of hydrogen-bond acceptors (Lipinski definition) is 0. The molecule has 0 nitrogen and oxygen atoms in total. The minimum Gasteiger partial charge on any atom is -0.0909 e. The first-order chi connectivity index (χ1) is 6.95. The summed E-state index contributed by atoms with van der Waals surface area (Å²) in [6.45, 7) is 14.9. The summed E-state index contributed by atoms with van der Waals surface area (Å²) in [5.41, 5.74) is 7.71. The second-order valence-corrected chi connectivity index (χ2v) is 4.37. The van der Waals surface area contributed by atoms with E-state index in [1.54, 1.807) is 0 Å². The Labute approximate surface area is 93.3 Å². The lowest BCUT2D eigenvalue weighted by Crippen LogP contribution is -1.94. The number of benzene rings is 1. The van der Waals surface area contributed by atoms with Gasteiger partial charge in [0.2, 0.25) is 0 Å². The van der Waals surface area contributed by atoms with Crippen LogP contribution in [0.15, 0.2) is 35.9 Å². The molecule has 0 amide bonds. The summed E-state index contributed by atoms with van der Waals surface area (Å²) in [6.07, 6.45) is 0. The van der Waals surface area contributed by atoms with Gasteiger partial charge in [0.05, 0.1) is 0 Å². The summed E-state index contributed by atoms with van der Waals surface area (Å²) in [5.74, 6) is 0. The molecule has 1 rings (SSSR count). The third-order valence-electron chi connectivity index (χ3n) is 2.99. The predicted molar refractivity (Wildman–Crippen MR) is 69.0 cm³/mol. The van der Waals surface area contributed by atoms with Crippen molar-refractivity contribution in [3.8, 4) is 0 Å². The van der Waals surface area contributed by atoms with Crippen molar-refractivity contribution < 1.29 is 0 Å². The standard InChI is InChI=1S/C15H20/c1-10(2)13(5)14(6)15-11(3)8-7-9-12(15)4/h7-9H,6H2,1-5H3. The van der Waals surface area contributed by atoms with Gasteiger partial charge in [-0.3, -0.25) is 0 Å². The molecule has 0 aliphatic carbocycles. The normalized spacial score (nSPS) is 9.93.